The molecule has 0 aliphatic carbocycles. The van der Waals surface area contributed by atoms with Crippen LogP contribution in [-0.4, -0.2) is 18.4 Å². The number of hydrogen-bond acceptors (Lipinski definition) is 3. The fraction of sp³-hybridized carbons (Fsp3) is 0.0200. The quantitative estimate of drug-likeness (QED) is 0.128. The number of aliphatic imine (C=N–C) groups is 3. The SMILES string of the molecule is C=NC(=NC(=NCc1ccccc1)c1ccc(-c2ccccc2)cc1)c1cc(-c2cc3ccccc3c3oc4ccccc4c23)cc2oc3ccccc3c12. The van der Waals surface area contributed by atoms with Crippen molar-refractivity contribution in [1.82, 2.24) is 0 Å². The molecule has 55 heavy (non-hydrogen) atoms. The van der Waals surface area contributed by atoms with Gasteiger partial charge in [0, 0.05) is 38.1 Å². The first-order chi connectivity index (χ1) is 27.2. The fourth-order valence-corrected chi connectivity index (χ4v) is 7.64. The molecular formula is C50H33N3O2. The van der Waals surface area contributed by atoms with Crippen LogP contribution in [0.5, 0.6) is 0 Å². The molecule has 0 aliphatic heterocycles. The lowest BCUT2D eigenvalue weighted by Crippen LogP contribution is -2.06. The molecule has 0 unspecified atom stereocenters. The minimum atomic E-state index is 0.450. The predicted octanol–water partition coefficient (Wildman–Crippen LogP) is 13.1. The summed E-state index contributed by atoms with van der Waals surface area (Å²) in [5.74, 6) is 1.01. The van der Waals surface area contributed by atoms with Gasteiger partial charge in [0.15, 0.2) is 11.7 Å². The first kappa shape index (κ1) is 32.3. The molecule has 0 aliphatic rings. The van der Waals surface area contributed by atoms with E-state index in [4.69, 9.17) is 18.8 Å². The first-order valence-corrected chi connectivity index (χ1v) is 18.3. The maximum absolute atomic E-state index is 6.60. The van der Waals surface area contributed by atoms with Crippen molar-refractivity contribution in [3.05, 3.63) is 193 Å². The van der Waals surface area contributed by atoms with E-state index >= 15 is 0 Å². The largest absolute Gasteiger partial charge is 0.456 e. The van der Waals surface area contributed by atoms with Gasteiger partial charge in [0.1, 0.15) is 22.3 Å². The Bertz CT molecular complexity index is 3120. The number of fused-ring (bicyclic) bond motifs is 8. The molecule has 5 nitrogen and oxygen atoms in total. The molecule has 0 atom stereocenters. The lowest BCUT2D eigenvalue weighted by molar-refractivity contribution is 0.669. The number of furan rings is 2. The van der Waals surface area contributed by atoms with E-state index in [0.29, 0.717) is 18.2 Å². The number of nitrogens with zero attached hydrogens (tertiary/aromatic N) is 3. The minimum absolute atomic E-state index is 0.450. The van der Waals surface area contributed by atoms with Crippen LogP contribution in [0.2, 0.25) is 0 Å². The highest BCUT2D eigenvalue weighted by atomic mass is 16.3. The minimum Gasteiger partial charge on any atom is -0.456 e. The second kappa shape index (κ2) is 13.6. The van der Waals surface area contributed by atoms with Gasteiger partial charge in [-0.1, -0.05) is 146 Å². The predicted molar refractivity (Wildman–Crippen MR) is 229 cm³/mol. The third kappa shape index (κ3) is 5.79. The Morgan fingerprint density at radius 3 is 1.85 bits per heavy atom. The molecule has 8 aromatic carbocycles. The van der Waals surface area contributed by atoms with Crippen molar-refractivity contribution in [2.45, 2.75) is 6.54 Å². The molecule has 0 fully saturated rings. The van der Waals surface area contributed by atoms with Crippen molar-refractivity contribution in [2.24, 2.45) is 15.0 Å². The summed E-state index contributed by atoms with van der Waals surface area (Å²) in [6.45, 7) is 4.53. The number of para-hydroxylation sites is 2. The molecular weight excluding hydrogens is 675 g/mol. The molecule has 10 rings (SSSR count). The first-order valence-electron chi connectivity index (χ1n) is 18.3. The van der Waals surface area contributed by atoms with E-state index in [9.17, 15) is 0 Å². The summed E-state index contributed by atoms with van der Waals surface area (Å²) in [6.07, 6.45) is 0. The number of rotatable bonds is 6. The van der Waals surface area contributed by atoms with Gasteiger partial charge in [-0.05, 0) is 70.3 Å². The van der Waals surface area contributed by atoms with Gasteiger partial charge in [-0.25, -0.2) is 9.98 Å². The van der Waals surface area contributed by atoms with Gasteiger partial charge < -0.3 is 8.83 Å². The van der Waals surface area contributed by atoms with E-state index in [2.05, 4.69) is 133 Å². The Hall–Kier alpha value is -7.37. The lowest BCUT2D eigenvalue weighted by atomic mass is 9.92. The monoisotopic (exact) mass is 707 g/mol. The van der Waals surface area contributed by atoms with Crippen molar-refractivity contribution in [3.8, 4) is 22.3 Å². The topological polar surface area (TPSA) is 63.4 Å². The van der Waals surface area contributed by atoms with Gasteiger partial charge in [0.25, 0.3) is 0 Å². The van der Waals surface area contributed by atoms with Crippen molar-refractivity contribution >= 4 is 73.0 Å². The van der Waals surface area contributed by atoms with Gasteiger partial charge in [-0.3, -0.25) is 4.99 Å². The summed E-state index contributed by atoms with van der Waals surface area (Å²) in [5, 5.41) is 6.14. The molecule has 10 aromatic rings. The van der Waals surface area contributed by atoms with Gasteiger partial charge >= 0.3 is 0 Å². The van der Waals surface area contributed by atoms with Crippen LogP contribution in [-0.2, 0) is 6.54 Å². The zero-order valence-corrected chi connectivity index (χ0v) is 29.8. The smallest absolute Gasteiger partial charge is 0.161 e. The normalized spacial score (nSPS) is 12.4. The van der Waals surface area contributed by atoms with Crippen LogP contribution in [0.4, 0.5) is 0 Å². The third-order valence-electron chi connectivity index (χ3n) is 10.3. The van der Waals surface area contributed by atoms with Crippen molar-refractivity contribution in [3.63, 3.8) is 0 Å². The lowest BCUT2D eigenvalue weighted by Gasteiger charge is -2.12. The van der Waals surface area contributed by atoms with E-state index in [1.807, 2.05) is 54.6 Å². The Labute approximate surface area is 317 Å². The maximum atomic E-state index is 6.60. The Kier molecular flexibility index (Phi) is 7.96. The van der Waals surface area contributed by atoms with E-state index < -0.39 is 0 Å². The van der Waals surface area contributed by atoms with Crippen LogP contribution in [0, 0.1) is 0 Å². The fourth-order valence-electron chi connectivity index (χ4n) is 7.64. The molecule has 0 amide bonds. The molecule has 0 spiro atoms. The van der Waals surface area contributed by atoms with Gasteiger partial charge in [0.2, 0.25) is 0 Å². The highest BCUT2D eigenvalue weighted by molar-refractivity contribution is 6.25. The van der Waals surface area contributed by atoms with Gasteiger partial charge in [0.05, 0.1) is 6.54 Å². The second-order valence-corrected chi connectivity index (χ2v) is 13.6. The van der Waals surface area contributed by atoms with Crippen LogP contribution >= 0.6 is 0 Å². The van der Waals surface area contributed by atoms with Crippen molar-refractivity contribution in [2.75, 3.05) is 0 Å². The van der Waals surface area contributed by atoms with E-state index in [1.54, 1.807) is 0 Å². The average molecular weight is 708 g/mol. The van der Waals surface area contributed by atoms with Gasteiger partial charge in [-0.2, -0.15) is 0 Å². The zero-order chi connectivity index (χ0) is 36.7. The molecule has 5 heteroatoms. The van der Waals surface area contributed by atoms with Crippen LogP contribution in [0.1, 0.15) is 16.7 Å². The highest BCUT2D eigenvalue weighted by Crippen LogP contribution is 2.43. The Morgan fingerprint density at radius 1 is 0.491 bits per heavy atom. The summed E-state index contributed by atoms with van der Waals surface area (Å²) in [7, 11) is 0. The molecule has 0 saturated carbocycles. The standard InChI is InChI=1S/C50H33N3O2/c1-51-50(53-49(52-31-32-14-4-2-5-15-32)35-26-24-34(25-27-35)33-16-6-3-7-17-33)42-29-37(30-45-46(42)39-20-10-12-22-43(39)54-45)41-28-36-18-8-9-19-38(36)48-47(41)40-21-11-13-23-44(40)55-48/h2-30H,1,31H2. The molecule has 0 radical (unpaired) electrons. The van der Waals surface area contributed by atoms with Crippen LogP contribution in [0.3, 0.4) is 0 Å². The molecule has 0 bridgehead atoms. The Balaban J connectivity index is 1.21. The average Bonchev–Trinajstić information content (AvgIpc) is 3.83. The summed E-state index contributed by atoms with van der Waals surface area (Å²) >= 11 is 0. The number of hydrogen-bond donors (Lipinski definition) is 0. The van der Waals surface area contributed by atoms with Crippen LogP contribution < -0.4 is 0 Å². The molecule has 0 N–H and O–H groups in total. The number of benzene rings is 8. The highest BCUT2D eigenvalue weighted by Gasteiger charge is 2.21. The van der Waals surface area contributed by atoms with E-state index in [0.717, 1.165) is 93.6 Å². The summed E-state index contributed by atoms with van der Waals surface area (Å²) in [4.78, 5) is 15.0. The van der Waals surface area contributed by atoms with E-state index in [1.165, 1.54) is 0 Å². The third-order valence-corrected chi connectivity index (χ3v) is 10.3. The van der Waals surface area contributed by atoms with Gasteiger partial charge in [-0.15, -0.1) is 0 Å². The molecule has 260 valence electrons. The summed E-state index contributed by atoms with van der Waals surface area (Å²) in [5.41, 5.74) is 10.2. The summed E-state index contributed by atoms with van der Waals surface area (Å²) in [6, 6.07) is 60.1. The second-order valence-electron chi connectivity index (χ2n) is 13.6. The van der Waals surface area contributed by atoms with Crippen LogP contribution in [0.25, 0.3) is 76.9 Å². The van der Waals surface area contributed by atoms with Crippen LogP contribution in [0.15, 0.2) is 200 Å². The maximum Gasteiger partial charge on any atom is 0.161 e. The van der Waals surface area contributed by atoms with Crippen molar-refractivity contribution in [1.29, 1.82) is 0 Å². The molecule has 0 saturated heterocycles. The van der Waals surface area contributed by atoms with Crippen molar-refractivity contribution < 1.29 is 8.83 Å². The zero-order valence-electron chi connectivity index (χ0n) is 29.8. The number of amidine groups is 2. The summed E-state index contributed by atoms with van der Waals surface area (Å²) < 4.78 is 13.2. The molecule has 2 aromatic heterocycles. The Morgan fingerprint density at radius 2 is 1.11 bits per heavy atom. The van der Waals surface area contributed by atoms with E-state index in [-0.39, 0.29) is 0 Å². The molecule has 2 heterocycles.